The number of likely N-dealkylation sites (N-methyl/N-ethyl adjacent to an activating group) is 1. The normalized spacial score (nSPS) is 20.4. The summed E-state index contributed by atoms with van der Waals surface area (Å²) >= 11 is 0. The Morgan fingerprint density at radius 3 is 2.24 bits per heavy atom. The average Bonchev–Trinajstić information content (AvgIpc) is 3.46. The summed E-state index contributed by atoms with van der Waals surface area (Å²) in [7, 11) is 4.99. The van der Waals surface area contributed by atoms with E-state index in [4.69, 9.17) is 9.47 Å². The molecule has 8 atom stereocenters. The third-order valence-electron chi connectivity index (χ3n) is 8.87. The second-order valence-corrected chi connectivity index (χ2v) is 12.4. The number of amides is 3. The second-order valence-electron chi connectivity index (χ2n) is 12.4. The van der Waals surface area contributed by atoms with E-state index in [1.165, 1.54) is 0 Å². The van der Waals surface area contributed by atoms with Gasteiger partial charge in [0.15, 0.2) is 0 Å². The molecular weight excluding hydrogens is 534 g/mol. The third kappa shape index (κ3) is 9.25. The van der Waals surface area contributed by atoms with Crippen LogP contribution in [0.2, 0.25) is 0 Å². The minimum Gasteiger partial charge on any atom is -0.386 e. The zero-order chi connectivity index (χ0) is 31.6. The van der Waals surface area contributed by atoms with Gasteiger partial charge in [-0.1, -0.05) is 71.4 Å². The Morgan fingerprint density at radius 1 is 1.05 bits per heavy atom. The molecule has 42 heavy (non-hydrogen) atoms. The van der Waals surface area contributed by atoms with Crippen LogP contribution in [0.4, 0.5) is 0 Å². The van der Waals surface area contributed by atoms with Crippen molar-refractivity contribution in [2.24, 2.45) is 17.8 Å². The van der Waals surface area contributed by atoms with Crippen molar-refractivity contribution in [3.8, 4) is 0 Å². The number of likely N-dealkylation sites (tertiary alicyclic amines) is 1. The number of hydrogen-bond acceptors (Lipinski definition) is 6. The van der Waals surface area contributed by atoms with Crippen molar-refractivity contribution in [1.82, 2.24) is 15.1 Å². The Hall–Kier alpha value is -2.49. The standard InChI is InChI=1S/C33H55N3O6/c1-10-22(4)30(35(7)28(37)19-21(2)3)27(41-8)20-29(38)36-18-14-17-26(36)32(42-9)23(5)33(40)34-24(6)31(39)25-15-12-11-13-16-25/h11-13,15-16,21-24,26-27,30-32,39H,10,14,17-20H2,1-9H3,(H,34,40)/t22-,23?,24+,26-,27?,30-,31?,32+/m0/s1. The quantitative estimate of drug-likeness (QED) is 0.299. The molecule has 1 aliphatic heterocycles. The predicted octanol–water partition coefficient (Wildman–Crippen LogP) is 4.19. The minimum absolute atomic E-state index is 0.0507. The summed E-state index contributed by atoms with van der Waals surface area (Å²) in [6, 6.07) is 8.22. The molecule has 1 aromatic carbocycles. The van der Waals surface area contributed by atoms with Crippen LogP contribution < -0.4 is 5.32 Å². The number of carbonyl (C=O) groups excluding carboxylic acids is 3. The van der Waals surface area contributed by atoms with E-state index in [2.05, 4.69) is 19.2 Å². The van der Waals surface area contributed by atoms with Crippen LogP contribution >= 0.6 is 0 Å². The molecule has 238 valence electrons. The molecule has 9 heteroatoms. The zero-order valence-electron chi connectivity index (χ0n) is 27.2. The van der Waals surface area contributed by atoms with E-state index < -0.39 is 30.3 Å². The second kappa shape index (κ2) is 17.0. The molecule has 1 aliphatic rings. The first kappa shape index (κ1) is 35.7. The maximum absolute atomic E-state index is 13.8. The van der Waals surface area contributed by atoms with Gasteiger partial charge in [0.05, 0.1) is 48.8 Å². The number of methoxy groups -OCH3 is 2. The summed E-state index contributed by atoms with van der Waals surface area (Å²) in [6.07, 6.45) is 1.15. The van der Waals surface area contributed by atoms with E-state index in [9.17, 15) is 19.5 Å². The van der Waals surface area contributed by atoms with E-state index in [1.54, 1.807) is 33.0 Å². The van der Waals surface area contributed by atoms with Crippen LogP contribution in [-0.4, -0.2) is 90.8 Å². The molecule has 1 aromatic rings. The van der Waals surface area contributed by atoms with Gasteiger partial charge in [0.25, 0.3) is 0 Å². The van der Waals surface area contributed by atoms with Crippen molar-refractivity contribution in [3.63, 3.8) is 0 Å². The zero-order valence-corrected chi connectivity index (χ0v) is 27.2. The van der Waals surface area contributed by atoms with Crippen LogP contribution in [0.3, 0.4) is 0 Å². The first-order chi connectivity index (χ1) is 19.9. The van der Waals surface area contributed by atoms with Crippen molar-refractivity contribution in [1.29, 1.82) is 0 Å². The molecular formula is C33H55N3O6. The van der Waals surface area contributed by atoms with Crippen LogP contribution in [0.5, 0.6) is 0 Å². The van der Waals surface area contributed by atoms with Gasteiger partial charge in [-0.05, 0) is 37.2 Å². The summed E-state index contributed by atoms with van der Waals surface area (Å²) in [5.41, 5.74) is 0.730. The fraction of sp³-hybridized carbons (Fsp3) is 0.727. The Bertz CT molecular complexity index is 989. The topological polar surface area (TPSA) is 108 Å². The maximum atomic E-state index is 13.8. The fourth-order valence-electron chi connectivity index (χ4n) is 6.19. The summed E-state index contributed by atoms with van der Waals surface area (Å²) in [5.74, 6) is -0.424. The number of rotatable bonds is 16. The number of aliphatic hydroxyl groups is 1. The maximum Gasteiger partial charge on any atom is 0.225 e. The first-order valence-corrected chi connectivity index (χ1v) is 15.5. The van der Waals surface area contributed by atoms with Gasteiger partial charge in [0.1, 0.15) is 0 Å². The van der Waals surface area contributed by atoms with Crippen LogP contribution in [0.25, 0.3) is 0 Å². The molecule has 1 fully saturated rings. The number of hydrogen-bond donors (Lipinski definition) is 2. The van der Waals surface area contributed by atoms with Gasteiger partial charge < -0.3 is 29.7 Å². The van der Waals surface area contributed by atoms with E-state index >= 15 is 0 Å². The summed E-state index contributed by atoms with van der Waals surface area (Å²) in [4.78, 5) is 43.7. The average molecular weight is 590 g/mol. The lowest BCUT2D eigenvalue weighted by Gasteiger charge is -2.39. The van der Waals surface area contributed by atoms with Crippen LogP contribution in [0.1, 0.15) is 85.3 Å². The van der Waals surface area contributed by atoms with Gasteiger partial charge >= 0.3 is 0 Å². The van der Waals surface area contributed by atoms with Crippen LogP contribution in [0, 0.1) is 17.8 Å². The Balaban J connectivity index is 2.15. The highest BCUT2D eigenvalue weighted by atomic mass is 16.5. The molecule has 0 aromatic heterocycles. The largest absolute Gasteiger partial charge is 0.386 e. The summed E-state index contributed by atoms with van der Waals surface area (Å²) in [6.45, 7) is 12.4. The molecule has 2 rings (SSSR count). The number of nitrogens with zero attached hydrogens (tertiary/aromatic N) is 2. The predicted molar refractivity (Wildman–Crippen MR) is 165 cm³/mol. The lowest BCUT2D eigenvalue weighted by molar-refractivity contribution is -0.146. The molecule has 0 aliphatic carbocycles. The molecule has 3 amide bonds. The molecule has 0 spiro atoms. The van der Waals surface area contributed by atoms with Gasteiger partial charge in [-0.15, -0.1) is 0 Å². The van der Waals surface area contributed by atoms with Gasteiger partial charge in [0, 0.05) is 34.2 Å². The molecule has 0 saturated carbocycles. The van der Waals surface area contributed by atoms with Gasteiger partial charge in [-0.3, -0.25) is 14.4 Å². The highest BCUT2D eigenvalue weighted by Gasteiger charge is 2.42. The highest BCUT2D eigenvalue weighted by Crippen LogP contribution is 2.30. The monoisotopic (exact) mass is 589 g/mol. The van der Waals surface area contributed by atoms with E-state index in [0.29, 0.717) is 13.0 Å². The Morgan fingerprint density at radius 2 is 1.69 bits per heavy atom. The lowest BCUT2D eigenvalue weighted by atomic mass is 9.90. The summed E-state index contributed by atoms with van der Waals surface area (Å²) < 4.78 is 11.8. The highest BCUT2D eigenvalue weighted by molar-refractivity contribution is 5.81. The molecule has 0 radical (unpaired) electrons. The van der Waals surface area contributed by atoms with Crippen LogP contribution in [0.15, 0.2) is 30.3 Å². The first-order valence-electron chi connectivity index (χ1n) is 15.5. The summed E-state index contributed by atoms with van der Waals surface area (Å²) in [5, 5.41) is 13.7. The van der Waals surface area contributed by atoms with Crippen molar-refractivity contribution < 1.29 is 29.0 Å². The molecule has 1 saturated heterocycles. The molecule has 1 heterocycles. The number of nitrogens with one attached hydrogen (secondary N) is 1. The van der Waals surface area contributed by atoms with Gasteiger partial charge in [-0.2, -0.15) is 0 Å². The van der Waals surface area contributed by atoms with Crippen molar-refractivity contribution in [2.45, 2.75) is 110 Å². The number of ether oxygens (including phenoxy) is 2. The fourth-order valence-corrected chi connectivity index (χ4v) is 6.19. The van der Waals surface area contributed by atoms with Crippen molar-refractivity contribution in [2.75, 3.05) is 27.8 Å². The van der Waals surface area contributed by atoms with E-state index in [-0.39, 0.29) is 48.1 Å². The smallest absolute Gasteiger partial charge is 0.225 e. The molecule has 0 bridgehead atoms. The Labute approximate surface area is 253 Å². The molecule has 9 nitrogen and oxygen atoms in total. The number of benzene rings is 1. The minimum atomic E-state index is -0.845. The van der Waals surface area contributed by atoms with Crippen molar-refractivity contribution in [3.05, 3.63) is 35.9 Å². The Kier molecular flexibility index (Phi) is 14.4. The van der Waals surface area contributed by atoms with Gasteiger partial charge in [-0.25, -0.2) is 0 Å². The lowest BCUT2D eigenvalue weighted by Crippen LogP contribution is -2.53. The van der Waals surface area contributed by atoms with Gasteiger partial charge in [0.2, 0.25) is 17.7 Å². The molecule has 2 N–H and O–H groups in total. The number of aliphatic hydroxyl groups excluding tert-OH is 1. The molecule has 3 unspecified atom stereocenters. The van der Waals surface area contributed by atoms with E-state index in [1.807, 2.05) is 56.1 Å². The van der Waals surface area contributed by atoms with Crippen molar-refractivity contribution >= 4 is 17.7 Å². The van der Waals surface area contributed by atoms with E-state index in [0.717, 1.165) is 24.8 Å². The third-order valence-corrected chi connectivity index (χ3v) is 8.87. The number of carbonyl (C=O) groups is 3. The van der Waals surface area contributed by atoms with Crippen LogP contribution in [-0.2, 0) is 23.9 Å². The SMILES string of the molecule is CC[C@H](C)[C@@H](C(CC(=O)N1CCC[C@H]1[C@H](OC)C(C)C(=O)N[C@H](C)C(O)c1ccccc1)OC)N(C)C(=O)CC(C)C.